The fourth-order valence-corrected chi connectivity index (χ4v) is 2.65. The summed E-state index contributed by atoms with van der Waals surface area (Å²) >= 11 is 1.56. The molecule has 1 atom stereocenters. The second-order valence-corrected chi connectivity index (χ2v) is 4.78. The lowest BCUT2D eigenvalue weighted by Gasteiger charge is -2.16. The molecule has 5 heteroatoms. The highest BCUT2D eigenvalue weighted by Crippen LogP contribution is 2.35. The molecule has 0 aliphatic carbocycles. The predicted molar refractivity (Wildman–Crippen MR) is 71.8 cm³/mol. The van der Waals surface area contributed by atoms with Crippen molar-refractivity contribution in [2.24, 2.45) is 10.7 Å². The Labute approximate surface area is 105 Å². The van der Waals surface area contributed by atoms with Crippen LogP contribution in [0.25, 0.3) is 0 Å². The van der Waals surface area contributed by atoms with Gasteiger partial charge in [-0.25, -0.2) is 9.38 Å². The number of halogens is 1. The highest BCUT2D eigenvalue weighted by Gasteiger charge is 2.23. The van der Waals surface area contributed by atoms with Gasteiger partial charge in [-0.05, 0) is 25.5 Å². The van der Waals surface area contributed by atoms with Crippen LogP contribution in [0.3, 0.4) is 0 Å². The van der Waals surface area contributed by atoms with E-state index in [1.807, 2.05) is 33.8 Å². The summed E-state index contributed by atoms with van der Waals surface area (Å²) in [6.45, 7) is 7.96. The number of guanidine groups is 1. The van der Waals surface area contributed by atoms with E-state index in [9.17, 15) is 4.39 Å². The van der Waals surface area contributed by atoms with Gasteiger partial charge in [-0.15, -0.1) is 11.3 Å². The third kappa shape index (κ3) is 3.06. The molecule has 17 heavy (non-hydrogen) atoms. The van der Waals surface area contributed by atoms with Crippen LogP contribution < -0.4 is 11.1 Å². The molecule has 1 aliphatic heterocycles. The second-order valence-electron chi connectivity index (χ2n) is 3.49. The lowest BCUT2D eigenvalue weighted by Crippen LogP contribution is -2.31. The van der Waals surface area contributed by atoms with Gasteiger partial charge in [-0.3, -0.25) is 0 Å². The highest BCUT2D eigenvalue weighted by atomic mass is 32.1. The standard InChI is InChI=1S/C10H12FN3S.C2H6/c1-5-3-6(2)15-9(5)8-7(11)4-13-10(12)14-8;1-2/h3-4,8H,1-2H3,(H3,12,13,14);1-2H3. The van der Waals surface area contributed by atoms with Crippen molar-refractivity contribution in [3.8, 4) is 0 Å². The number of hydrogen-bond donors (Lipinski definition) is 2. The molecule has 3 nitrogen and oxygen atoms in total. The molecular weight excluding hydrogens is 237 g/mol. The monoisotopic (exact) mass is 255 g/mol. The van der Waals surface area contributed by atoms with Crippen molar-refractivity contribution >= 4 is 17.3 Å². The fraction of sp³-hybridized carbons (Fsp3) is 0.417. The number of nitrogens with zero attached hydrogens (tertiary/aromatic N) is 1. The fourth-order valence-electron chi connectivity index (χ4n) is 1.57. The molecule has 0 radical (unpaired) electrons. The predicted octanol–water partition coefficient (Wildman–Crippen LogP) is 3.16. The Morgan fingerprint density at radius 1 is 1.41 bits per heavy atom. The zero-order chi connectivity index (χ0) is 13.0. The average Bonchev–Trinajstić information content (AvgIpc) is 2.64. The van der Waals surface area contributed by atoms with Gasteiger partial charge in [0, 0.05) is 16.0 Å². The first-order chi connectivity index (χ1) is 8.08. The van der Waals surface area contributed by atoms with Crippen LogP contribution in [0.1, 0.15) is 35.2 Å². The molecule has 0 saturated heterocycles. The van der Waals surface area contributed by atoms with E-state index in [-0.39, 0.29) is 11.8 Å². The SMILES string of the molecule is CC.Cc1cc(C)c(C2N=C(N)NC=C2F)s1. The van der Waals surface area contributed by atoms with Crippen LogP contribution in [0, 0.1) is 13.8 Å². The topological polar surface area (TPSA) is 50.4 Å². The maximum absolute atomic E-state index is 13.5. The minimum absolute atomic E-state index is 0.256. The van der Waals surface area contributed by atoms with Gasteiger partial charge in [0.1, 0.15) is 11.9 Å². The van der Waals surface area contributed by atoms with Crippen molar-refractivity contribution in [2.45, 2.75) is 33.7 Å². The summed E-state index contributed by atoms with van der Waals surface area (Å²) in [5, 5.41) is 2.55. The number of thiophene rings is 1. The molecule has 0 aromatic carbocycles. The summed E-state index contributed by atoms with van der Waals surface area (Å²) in [5.74, 6) is -0.0407. The lowest BCUT2D eigenvalue weighted by molar-refractivity contribution is 0.543. The van der Waals surface area contributed by atoms with E-state index in [2.05, 4.69) is 10.3 Å². The Morgan fingerprint density at radius 3 is 2.59 bits per heavy atom. The molecule has 0 spiro atoms. The normalized spacial score (nSPS) is 18.5. The van der Waals surface area contributed by atoms with E-state index in [0.717, 1.165) is 15.3 Å². The zero-order valence-corrected chi connectivity index (χ0v) is 11.4. The number of nitrogens with two attached hydrogens (primary N) is 1. The Hall–Kier alpha value is -1.36. The van der Waals surface area contributed by atoms with Crippen molar-refractivity contribution in [2.75, 3.05) is 0 Å². The molecule has 0 saturated carbocycles. The summed E-state index contributed by atoms with van der Waals surface area (Å²) in [4.78, 5) is 6.14. The Bertz CT molecular complexity index is 449. The number of hydrogen-bond acceptors (Lipinski definition) is 4. The molecule has 3 N–H and O–H groups in total. The molecule has 2 heterocycles. The summed E-state index contributed by atoms with van der Waals surface area (Å²) < 4.78 is 13.5. The maximum Gasteiger partial charge on any atom is 0.193 e. The van der Waals surface area contributed by atoms with E-state index >= 15 is 0 Å². The lowest BCUT2D eigenvalue weighted by atomic mass is 10.1. The molecule has 0 fully saturated rings. The van der Waals surface area contributed by atoms with E-state index in [1.165, 1.54) is 6.20 Å². The van der Waals surface area contributed by atoms with Crippen LogP contribution in [0.2, 0.25) is 0 Å². The zero-order valence-electron chi connectivity index (χ0n) is 10.5. The van der Waals surface area contributed by atoms with Gasteiger partial charge < -0.3 is 11.1 Å². The number of aryl methyl sites for hydroxylation is 2. The first-order valence-corrected chi connectivity index (χ1v) is 6.42. The van der Waals surface area contributed by atoms with E-state index in [0.29, 0.717) is 0 Å². The molecule has 1 aromatic rings. The van der Waals surface area contributed by atoms with Gasteiger partial charge in [0.15, 0.2) is 5.96 Å². The summed E-state index contributed by atoms with van der Waals surface area (Å²) in [7, 11) is 0. The van der Waals surface area contributed by atoms with Crippen LogP contribution in [-0.4, -0.2) is 5.96 Å². The van der Waals surface area contributed by atoms with Crippen LogP contribution in [-0.2, 0) is 0 Å². The van der Waals surface area contributed by atoms with Gasteiger partial charge in [0.25, 0.3) is 0 Å². The van der Waals surface area contributed by atoms with Crippen LogP contribution >= 0.6 is 11.3 Å². The Balaban J connectivity index is 0.000000686. The Kier molecular flexibility index (Phi) is 4.69. The minimum atomic E-state index is -0.565. The van der Waals surface area contributed by atoms with Gasteiger partial charge in [0.05, 0.1) is 0 Å². The van der Waals surface area contributed by atoms with Gasteiger partial charge in [-0.1, -0.05) is 13.8 Å². The van der Waals surface area contributed by atoms with E-state index in [1.54, 1.807) is 11.3 Å². The Morgan fingerprint density at radius 2 is 2.06 bits per heavy atom. The molecule has 2 rings (SSSR count). The van der Waals surface area contributed by atoms with Gasteiger partial charge in [0.2, 0.25) is 0 Å². The molecule has 1 unspecified atom stereocenters. The molecular formula is C12H18FN3S. The third-order valence-electron chi connectivity index (χ3n) is 2.22. The minimum Gasteiger partial charge on any atom is -0.370 e. The van der Waals surface area contributed by atoms with Gasteiger partial charge >= 0.3 is 0 Å². The maximum atomic E-state index is 13.5. The molecule has 1 aliphatic rings. The number of nitrogens with one attached hydrogen (secondary N) is 1. The van der Waals surface area contributed by atoms with Crippen LogP contribution in [0.4, 0.5) is 4.39 Å². The first kappa shape index (κ1) is 13.7. The second kappa shape index (κ2) is 5.82. The average molecular weight is 255 g/mol. The summed E-state index contributed by atoms with van der Waals surface area (Å²) in [5.41, 5.74) is 6.57. The number of aliphatic imine (C=N–C) groups is 1. The van der Waals surface area contributed by atoms with Gasteiger partial charge in [-0.2, -0.15) is 0 Å². The highest BCUT2D eigenvalue weighted by molar-refractivity contribution is 7.12. The van der Waals surface area contributed by atoms with Crippen molar-refractivity contribution in [1.29, 1.82) is 0 Å². The molecule has 1 aromatic heterocycles. The smallest absolute Gasteiger partial charge is 0.193 e. The summed E-state index contributed by atoms with van der Waals surface area (Å²) in [6, 6.07) is 1.46. The first-order valence-electron chi connectivity index (χ1n) is 5.60. The number of rotatable bonds is 1. The van der Waals surface area contributed by atoms with Crippen LogP contribution in [0.5, 0.6) is 0 Å². The summed E-state index contributed by atoms with van der Waals surface area (Å²) in [6.07, 6.45) is 1.27. The quantitative estimate of drug-likeness (QED) is 0.810. The molecule has 0 amide bonds. The largest absolute Gasteiger partial charge is 0.370 e. The van der Waals surface area contributed by atoms with Crippen molar-refractivity contribution < 1.29 is 4.39 Å². The van der Waals surface area contributed by atoms with Crippen molar-refractivity contribution in [3.05, 3.63) is 33.4 Å². The van der Waals surface area contributed by atoms with Crippen molar-refractivity contribution in [1.82, 2.24) is 5.32 Å². The van der Waals surface area contributed by atoms with Crippen molar-refractivity contribution in [3.63, 3.8) is 0 Å². The van der Waals surface area contributed by atoms with E-state index < -0.39 is 6.04 Å². The van der Waals surface area contributed by atoms with Crippen LogP contribution in [0.15, 0.2) is 23.1 Å². The molecule has 94 valence electrons. The third-order valence-corrected chi connectivity index (χ3v) is 3.42. The van der Waals surface area contributed by atoms with E-state index in [4.69, 9.17) is 5.73 Å². The molecule has 0 bridgehead atoms.